The van der Waals surface area contributed by atoms with Gasteiger partial charge in [-0.2, -0.15) is 4.52 Å². The highest BCUT2D eigenvalue weighted by Gasteiger charge is 2.36. The van der Waals surface area contributed by atoms with Crippen LogP contribution in [0.3, 0.4) is 0 Å². The first-order chi connectivity index (χ1) is 7.88. The second-order valence-corrected chi connectivity index (χ2v) is 4.53. The molecule has 2 unspecified atom stereocenters. The average Bonchev–Trinajstić information content (AvgIpc) is 2.75. The summed E-state index contributed by atoms with van der Waals surface area (Å²) in [5.41, 5.74) is 0.795. The topological polar surface area (TPSA) is 58.4 Å². The van der Waals surface area contributed by atoms with Crippen molar-refractivity contribution >= 4 is 11.5 Å². The summed E-state index contributed by atoms with van der Waals surface area (Å²) in [5.74, 6) is 1.02. The van der Waals surface area contributed by atoms with Crippen molar-refractivity contribution in [1.82, 2.24) is 25.1 Å². The Morgan fingerprint density at radius 3 is 2.88 bits per heavy atom. The van der Waals surface area contributed by atoms with Gasteiger partial charge < -0.3 is 10.2 Å². The summed E-state index contributed by atoms with van der Waals surface area (Å²) >= 11 is 0. The van der Waals surface area contributed by atoms with Gasteiger partial charge in [0.25, 0.3) is 0 Å². The van der Waals surface area contributed by atoms with E-state index in [4.69, 9.17) is 0 Å². The van der Waals surface area contributed by atoms with E-state index in [2.05, 4.69) is 25.5 Å². The Balaban J connectivity index is 1.70. The van der Waals surface area contributed by atoms with E-state index in [0.29, 0.717) is 12.1 Å². The Labute approximate surface area is 92.3 Å². The van der Waals surface area contributed by atoms with Crippen LogP contribution >= 0.6 is 0 Å². The first-order valence-electron chi connectivity index (χ1n) is 5.56. The summed E-state index contributed by atoms with van der Waals surface area (Å²) in [7, 11) is 0. The van der Waals surface area contributed by atoms with Crippen LogP contribution in [0.15, 0.2) is 18.5 Å². The lowest BCUT2D eigenvalue weighted by atomic mass is 9.91. The van der Waals surface area contributed by atoms with Crippen molar-refractivity contribution in [3.63, 3.8) is 0 Å². The number of nitrogens with zero attached hydrogens (tertiary/aromatic N) is 5. The summed E-state index contributed by atoms with van der Waals surface area (Å²) < 4.78 is 1.73. The minimum atomic E-state index is 0.650. The van der Waals surface area contributed by atoms with Gasteiger partial charge in [0.15, 0.2) is 5.65 Å². The number of aromatic nitrogens is 4. The van der Waals surface area contributed by atoms with Gasteiger partial charge in [0.1, 0.15) is 12.1 Å². The number of fused-ring (bicyclic) bond motifs is 3. The van der Waals surface area contributed by atoms with Gasteiger partial charge in [-0.15, -0.1) is 15.3 Å². The lowest BCUT2D eigenvalue weighted by Crippen LogP contribution is -2.67. The zero-order valence-electron chi connectivity index (χ0n) is 8.74. The quantitative estimate of drug-likeness (QED) is 0.707. The van der Waals surface area contributed by atoms with Crippen LogP contribution in [-0.2, 0) is 0 Å². The average molecular weight is 216 g/mol. The maximum atomic E-state index is 4.50. The van der Waals surface area contributed by atoms with E-state index in [0.717, 1.165) is 24.6 Å². The van der Waals surface area contributed by atoms with Crippen LogP contribution in [0, 0.1) is 0 Å². The monoisotopic (exact) mass is 216 g/mol. The number of piperidine rings is 1. The van der Waals surface area contributed by atoms with Crippen LogP contribution in [0.4, 0.5) is 5.82 Å². The Hall–Kier alpha value is -1.69. The van der Waals surface area contributed by atoms with E-state index in [1.54, 1.807) is 10.8 Å². The normalized spacial score (nSPS) is 28.1. The number of nitrogens with one attached hydrogen (secondary N) is 1. The lowest BCUT2D eigenvalue weighted by molar-refractivity contribution is 0.225. The highest BCUT2D eigenvalue weighted by Crippen LogP contribution is 2.24. The molecule has 3 fully saturated rings. The molecule has 0 saturated carbocycles. The van der Waals surface area contributed by atoms with E-state index in [1.165, 1.54) is 6.42 Å². The van der Waals surface area contributed by atoms with Crippen molar-refractivity contribution in [2.24, 2.45) is 0 Å². The van der Waals surface area contributed by atoms with Gasteiger partial charge in [0, 0.05) is 25.2 Å². The molecule has 5 rings (SSSR count). The predicted molar refractivity (Wildman–Crippen MR) is 58.3 cm³/mol. The third-order valence-electron chi connectivity index (χ3n) is 3.39. The molecule has 2 bridgehead atoms. The fourth-order valence-electron chi connectivity index (χ4n) is 2.59. The van der Waals surface area contributed by atoms with Crippen molar-refractivity contribution in [2.75, 3.05) is 18.0 Å². The molecular weight excluding hydrogens is 204 g/mol. The smallest absolute Gasteiger partial charge is 0.177 e. The van der Waals surface area contributed by atoms with Crippen molar-refractivity contribution in [1.29, 1.82) is 0 Å². The van der Waals surface area contributed by atoms with Gasteiger partial charge in [0.05, 0.1) is 0 Å². The van der Waals surface area contributed by atoms with Gasteiger partial charge in [-0.1, -0.05) is 0 Å². The summed E-state index contributed by atoms with van der Waals surface area (Å²) in [6.07, 6.45) is 2.95. The molecule has 5 heterocycles. The SMILES string of the molecule is c1cc2nncn2nc1N1CC2CC(C1)N2. The maximum absolute atomic E-state index is 4.50. The molecule has 3 saturated heterocycles. The standard InChI is InChI=1S/C10H12N6/c1-2-10(14-16-6-11-13-9(1)16)15-4-7-3-8(5-15)12-7/h1-2,6-8,12H,3-5H2. The highest BCUT2D eigenvalue weighted by atomic mass is 15.4. The van der Waals surface area contributed by atoms with Crippen LogP contribution in [0.2, 0.25) is 0 Å². The Morgan fingerprint density at radius 2 is 2.06 bits per heavy atom. The van der Waals surface area contributed by atoms with E-state index in [-0.39, 0.29) is 0 Å². The number of rotatable bonds is 1. The third kappa shape index (κ3) is 1.13. The molecule has 6 nitrogen and oxygen atoms in total. The molecule has 2 aromatic rings. The second-order valence-electron chi connectivity index (χ2n) is 4.53. The Morgan fingerprint density at radius 1 is 1.25 bits per heavy atom. The summed E-state index contributed by atoms with van der Waals surface area (Å²) in [4.78, 5) is 2.33. The largest absolute Gasteiger partial charge is 0.352 e. The Kier molecular flexibility index (Phi) is 1.54. The summed E-state index contributed by atoms with van der Waals surface area (Å²) in [5, 5.41) is 15.8. The molecular formula is C10H12N6. The number of hydrogen-bond donors (Lipinski definition) is 1. The van der Waals surface area contributed by atoms with Crippen molar-refractivity contribution in [3.8, 4) is 0 Å². The first kappa shape index (κ1) is 8.46. The molecule has 0 spiro atoms. The van der Waals surface area contributed by atoms with Gasteiger partial charge in [0.2, 0.25) is 0 Å². The fraction of sp³-hybridized carbons (Fsp3) is 0.500. The molecule has 2 aromatic heterocycles. The van der Waals surface area contributed by atoms with Crippen LogP contribution < -0.4 is 10.2 Å². The van der Waals surface area contributed by atoms with E-state index in [9.17, 15) is 0 Å². The minimum Gasteiger partial charge on any atom is -0.352 e. The molecule has 82 valence electrons. The van der Waals surface area contributed by atoms with Crippen LogP contribution in [0.25, 0.3) is 5.65 Å². The van der Waals surface area contributed by atoms with Crippen molar-refractivity contribution in [2.45, 2.75) is 18.5 Å². The Bertz CT molecular complexity index is 519. The minimum absolute atomic E-state index is 0.650. The van der Waals surface area contributed by atoms with Gasteiger partial charge >= 0.3 is 0 Å². The van der Waals surface area contributed by atoms with Crippen LogP contribution in [0.5, 0.6) is 0 Å². The van der Waals surface area contributed by atoms with Crippen LogP contribution in [-0.4, -0.2) is 45.0 Å². The zero-order chi connectivity index (χ0) is 10.5. The molecule has 16 heavy (non-hydrogen) atoms. The van der Waals surface area contributed by atoms with Crippen molar-refractivity contribution < 1.29 is 0 Å². The molecule has 1 N–H and O–H groups in total. The second kappa shape index (κ2) is 2.91. The summed E-state index contributed by atoms with van der Waals surface area (Å²) in [6, 6.07) is 5.28. The number of anilines is 1. The molecule has 0 aliphatic carbocycles. The van der Waals surface area contributed by atoms with E-state index >= 15 is 0 Å². The molecule has 3 aliphatic rings. The fourth-order valence-corrected chi connectivity index (χ4v) is 2.59. The summed E-state index contributed by atoms with van der Waals surface area (Å²) in [6.45, 7) is 2.11. The first-order valence-corrected chi connectivity index (χ1v) is 5.56. The molecule has 6 heteroatoms. The molecule has 0 aromatic carbocycles. The van der Waals surface area contributed by atoms with Gasteiger partial charge in [-0.25, -0.2) is 0 Å². The molecule has 0 radical (unpaired) electrons. The van der Waals surface area contributed by atoms with Crippen LogP contribution in [0.1, 0.15) is 6.42 Å². The van der Waals surface area contributed by atoms with E-state index < -0.39 is 0 Å². The maximum Gasteiger partial charge on any atom is 0.177 e. The number of piperazine rings is 1. The van der Waals surface area contributed by atoms with Crippen molar-refractivity contribution in [3.05, 3.63) is 18.5 Å². The van der Waals surface area contributed by atoms with E-state index in [1.807, 2.05) is 12.1 Å². The number of hydrogen-bond acceptors (Lipinski definition) is 5. The predicted octanol–water partition coefficient (Wildman–Crippen LogP) is -0.325. The molecule has 0 amide bonds. The third-order valence-corrected chi connectivity index (χ3v) is 3.39. The molecule has 3 aliphatic heterocycles. The van der Waals surface area contributed by atoms with Gasteiger partial charge in [-0.3, -0.25) is 0 Å². The zero-order valence-corrected chi connectivity index (χ0v) is 8.74. The molecule has 2 atom stereocenters. The highest BCUT2D eigenvalue weighted by molar-refractivity contribution is 5.46. The van der Waals surface area contributed by atoms with Gasteiger partial charge in [-0.05, 0) is 18.6 Å². The lowest BCUT2D eigenvalue weighted by Gasteiger charge is -2.48.